The van der Waals surface area contributed by atoms with Crippen LogP contribution in [0.4, 0.5) is 5.69 Å². The normalized spacial score (nSPS) is 21.3. The molecule has 2 aromatic rings. The van der Waals surface area contributed by atoms with Crippen LogP contribution >= 0.6 is 11.3 Å². The Labute approximate surface area is 129 Å². The number of carbonyl (C=O) groups is 1. The Hall–Kier alpha value is -1.55. The maximum absolute atomic E-state index is 12.4. The van der Waals surface area contributed by atoms with Crippen molar-refractivity contribution in [2.24, 2.45) is 5.41 Å². The number of hydrogen-bond acceptors (Lipinski definition) is 3. The Morgan fingerprint density at radius 2 is 2.19 bits per heavy atom. The van der Waals surface area contributed by atoms with Gasteiger partial charge in [0.2, 0.25) is 0 Å². The van der Waals surface area contributed by atoms with Gasteiger partial charge in [-0.15, -0.1) is 11.3 Å². The van der Waals surface area contributed by atoms with Gasteiger partial charge in [-0.1, -0.05) is 20.3 Å². The zero-order valence-corrected chi connectivity index (χ0v) is 13.4. The molecule has 3 nitrogen and oxygen atoms in total. The first-order chi connectivity index (χ1) is 9.93. The van der Waals surface area contributed by atoms with Crippen molar-refractivity contribution in [1.82, 2.24) is 5.32 Å². The lowest BCUT2D eigenvalue weighted by Crippen LogP contribution is -2.40. The third-order valence-electron chi connectivity index (χ3n) is 4.30. The summed E-state index contributed by atoms with van der Waals surface area (Å²) in [6.45, 7) is 4.57. The fourth-order valence-electron chi connectivity index (χ4n) is 3.25. The van der Waals surface area contributed by atoms with E-state index in [0.717, 1.165) is 33.5 Å². The van der Waals surface area contributed by atoms with Gasteiger partial charge in [0.05, 0.1) is 4.88 Å². The summed E-state index contributed by atoms with van der Waals surface area (Å²) in [5.41, 5.74) is 6.87. The number of nitrogens with one attached hydrogen (secondary N) is 1. The summed E-state index contributed by atoms with van der Waals surface area (Å²) >= 11 is 1.53. The summed E-state index contributed by atoms with van der Waals surface area (Å²) in [6.07, 6.45) is 4.60. The Morgan fingerprint density at radius 1 is 1.38 bits per heavy atom. The van der Waals surface area contributed by atoms with Crippen molar-refractivity contribution in [3.05, 3.63) is 29.1 Å². The smallest absolute Gasteiger partial charge is 0.261 e. The van der Waals surface area contributed by atoms with Crippen molar-refractivity contribution >= 4 is 33.0 Å². The molecule has 1 amide bonds. The third-order valence-corrected chi connectivity index (χ3v) is 5.42. The van der Waals surface area contributed by atoms with E-state index in [9.17, 15) is 4.79 Å². The van der Waals surface area contributed by atoms with Gasteiger partial charge in [0.15, 0.2) is 0 Å². The molecule has 1 saturated carbocycles. The van der Waals surface area contributed by atoms with Gasteiger partial charge < -0.3 is 11.1 Å². The van der Waals surface area contributed by atoms with Crippen molar-refractivity contribution in [3.8, 4) is 0 Å². The molecule has 3 rings (SSSR count). The number of hydrogen-bond donors (Lipinski definition) is 2. The highest BCUT2D eigenvalue weighted by Gasteiger charge is 2.29. The molecule has 1 unspecified atom stereocenters. The molecular weight excluding hydrogens is 280 g/mol. The minimum absolute atomic E-state index is 0.0532. The molecule has 3 N–H and O–H groups in total. The molecule has 1 aromatic carbocycles. The van der Waals surface area contributed by atoms with Crippen LogP contribution in [0.5, 0.6) is 0 Å². The van der Waals surface area contributed by atoms with Crippen molar-refractivity contribution in [3.63, 3.8) is 0 Å². The molecule has 0 radical (unpaired) electrons. The lowest BCUT2D eigenvalue weighted by atomic mass is 9.75. The summed E-state index contributed by atoms with van der Waals surface area (Å²) in [5, 5.41) is 4.26. The molecule has 21 heavy (non-hydrogen) atoms. The average Bonchev–Trinajstić information content (AvgIpc) is 2.80. The van der Waals surface area contributed by atoms with Gasteiger partial charge in [-0.2, -0.15) is 0 Å². The molecule has 112 valence electrons. The monoisotopic (exact) mass is 302 g/mol. The molecule has 1 aliphatic rings. The number of anilines is 1. The van der Waals surface area contributed by atoms with Gasteiger partial charge in [-0.25, -0.2) is 0 Å². The standard InChI is InChI=1S/C17H22N2OS/c1-17(2)7-3-4-13(10-17)19-16(20)15-9-11-8-12(18)5-6-14(11)21-15/h5-6,8-9,13H,3-4,7,10,18H2,1-2H3,(H,19,20). The second-order valence-electron chi connectivity index (χ2n) is 6.84. The number of thiophene rings is 1. The number of rotatable bonds is 2. The van der Waals surface area contributed by atoms with Crippen LogP contribution in [0.15, 0.2) is 24.3 Å². The molecule has 0 bridgehead atoms. The lowest BCUT2D eigenvalue weighted by molar-refractivity contribution is 0.0907. The summed E-state index contributed by atoms with van der Waals surface area (Å²) in [6, 6.07) is 8.03. The van der Waals surface area contributed by atoms with Gasteiger partial charge in [-0.05, 0) is 54.3 Å². The molecule has 1 aliphatic carbocycles. The fourth-order valence-corrected chi connectivity index (χ4v) is 4.20. The predicted molar refractivity (Wildman–Crippen MR) is 89.7 cm³/mol. The van der Waals surface area contributed by atoms with Crippen LogP contribution in [0, 0.1) is 5.41 Å². The molecular formula is C17H22N2OS. The van der Waals surface area contributed by atoms with E-state index in [1.54, 1.807) is 0 Å². The maximum Gasteiger partial charge on any atom is 0.261 e. The highest BCUT2D eigenvalue weighted by molar-refractivity contribution is 7.20. The number of fused-ring (bicyclic) bond motifs is 1. The molecule has 0 spiro atoms. The topological polar surface area (TPSA) is 55.1 Å². The first kappa shape index (κ1) is 14.4. The summed E-state index contributed by atoms with van der Waals surface area (Å²) < 4.78 is 1.11. The number of nitrogen functional groups attached to an aromatic ring is 1. The summed E-state index contributed by atoms with van der Waals surface area (Å²) in [7, 11) is 0. The van der Waals surface area contributed by atoms with Crippen molar-refractivity contribution in [1.29, 1.82) is 0 Å². The fraction of sp³-hybridized carbons (Fsp3) is 0.471. The van der Waals surface area contributed by atoms with Crippen LogP contribution in [0.25, 0.3) is 10.1 Å². The van der Waals surface area contributed by atoms with E-state index >= 15 is 0 Å². The molecule has 1 atom stereocenters. The number of nitrogens with two attached hydrogens (primary N) is 1. The molecule has 0 saturated heterocycles. The Kier molecular flexibility index (Phi) is 3.66. The SMILES string of the molecule is CC1(C)CCCC(NC(=O)c2cc3cc(N)ccc3s2)C1. The van der Waals surface area contributed by atoms with Crippen LogP contribution < -0.4 is 11.1 Å². The largest absolute Gasteiger partial charge is 0.399 e. The number of amides is 1. The van der Waals surface area contributed by atoms with Crippen LogP contribution in [0.2, 0.25) is 0 Å². The minimum atomic E-state index is 0.0532. The highest BCUT2D eigenvalue weighted by Crippen LogP contribution is 2.35. The van der Waals surface area contributed by atoms with E-state index in [0.29, 0.717) is 11.5 Å². The lowest BCUT2D eigenvalue weighted by Gasteiger charge is -2.35. The Bertz CT molecular complexity index is 674. The van der Waals surface area contributed by atoms with Gasteiger partial charge in [-0.3, -0.25) is 4.79 Å². The number of benzene rings is 1. The van der Waals surface area contributed by atoms with Gasteiger partial charge in [0.1, 0.15) is 0 Å². The summed E-state index contributed by atoms with van der Waals surface area (Å²) in [4.78, 5) is 13.2. The minimum Gasteiger partial charge on any atom is -0.399 e. The van der Waals surface area contributed by atoms with Crippen molar-refractivity contribution in [2.75, 3.05) is 5.73 Å². The van der Waals surface area contributed by atoms with Crippen molar-refractivity contribution in [2.45, 2.75) is 45.6 Å². The van der Waals surface area contributed by atoms with Crippen LogP contribution in [0.1, 0.15) is 49.2 Å². The third kappa shape index (κ3) is 3.21. The summed E-state index contributed by atoms with van der Waals surface area (Å²) in [5.74, 6) is 0.0532. The molecule has 0 aliphatic heterocycles. The first-order valence-corrected chi connectivity index (χ1v) is 8.35. The second-order valence-corrected chi connectivity index (χ2v) is 7.92. The zero-order chi connectivity index (χ0) is 15.0. The van der Waals surface area contributed by atoms with E-state index in [2.05, 4.69) is 19.2 Å². The van der Waals surface area contributed by atoms with Gasteiger partial charge in [0, 0.05) is 16.4 Å². The van der Waals surface area contributed by atoms with E-state index in [-0.39, 0.29) is 5.91 Å². The van der Waals surface area contributed by atoms with E-state index < -0.39 is 0 Å². The number of carbonyl (C=O) groups excluding carboxylic acids is 1. The van der Waals surface area contributed by atoms with Gasteiger partial charge in [0.25, 0.3) is 5.91 Å². The molecule has 4 heteroatoms. The van der Waals surface area contributed by atoms with E-state index in [1.807, 2.05) is 24.3 Å². The molecule has 1 aromatic heterocycles. The molecule has 1 heterocycles. The quantitative estimate of drug-likeness (QED) is 0.818. The maximum atomic E-state index is 12.4. The van der Waals surface area contributed by atoms with Crippen molar-refractivity contribution < 1.29 is 4.79 Å². The van der Waals surface area contributed by atoms with Crippen LogP contribution in [-0.4, -0.2) is 11.9 Å². The van der Waals surface area contributed by atoms with Gasteiger partial charge >= 0.3 is 0 Å². The highest BCUT2D eigenvalue weighted by atomic mass is 32.1. The van der Waals surface area contributed by atoms with Crippen LogP contribution in [-0.2, 0) is 0 Å². The Balaban J connectivity index is 1.74. The second kappa shape index (κ2) is 5.34. The zero-order valence-electron chi connectivity index (χ0n) is 12.6. The average molecular weight is 302 g/mol. The Morgan fingerprint density at radius 3 is 2.95 bits per heavy atom. The predicted octanol–water partition coefficient (Wildman–Crippen LogP) is 4.18. The van der Waals surface area contributed by atoms with E-state index in [1.165, 1.54) is 24.2 Å². The first-order valence-electron chi connectivity index (χ1n) is 7.53. The van der Waals surface area contributed by atoms with Crippen LogP contribution in [0.3, 0.4) is 0 Å². The van der Waals surface area contributed by atoms with E-state index in [4.69, 9.17) is 5.73 Å². The molecule has 1 fully saturated rings.